The largest absolute Gasteiger partial charge is 0.338 e. The van der Waals surface area contributed by atoms with Crippen molar-refractivity contribution in [2.24, 2.45) is 0 Å². The van der Waals surface area contributed by atoms with Gasteiger partial charge in [-0.3, -0.25) is 4.90 Å². The van der Waals surface area contributed by atoms with Gasteiger partial charge in [0.15, 0.2) is 0 Å². The van der Waals surface area contributed by atoms with E-state index in [1.807, 2.05) is 6.92 Å². The minimum Gasteiger partial charge on any atom is -0.338 e. The van der Waals surface area contributed by atoms with Crippen molar-refractivity contribution in [2.75, 3.05) is 44.2 Å². The van der Waals surface area contributed by atoms with E-state index in [0.717, 1.165) is 37.7 Å². The van der Waals surface area contributed by atoms with Crippen molar-refractivity contribution in [3.05, 3.63) is 48.3 Å². The Labute approximate surface area is 148 Å². The zero-order valence-electron chi connectivity index (χ0n) is 14.3. The fraction of sp³-hybridized carbons (Fsp3) is 0.412. The van der Waals surface area contributed by atoms with Crippen LogP contribution in [0.1, 0.15) is 5.56 Å². The van der Waals surface area contributed by atoms with Crippen molar-refractivity contribution in [3.8, 4) is 0 Å². The van der Waals surface area contributed by atoms with Gasteiger partial charge in [0.05, 0.1) is 4.90 Å². The van der Waals surface area contributed by atoms with Crippen LogP contribution in [0.2, 0.25) is 0 Å². The molecule has 3 rings (SSSR count). The van der Waals surface area contributed by atoms with E-state index in [-0.39, 0.29) is 0 Å². The first-order chi connectivity index (χ1) is 12.0. The Bertz CT molecular complexity index is 772. The topological polar surface area (TPSA) is 78.4 Å². The van der Waals surface area contributed by atoms with E-state index in [4.69, 9.17) is 0 Å². The highest BCUT2D eigenvalue weighted by Gasteiger charge is 2.19. The van der Waals surface area contributed by atoms with Crippen LogP contribution in [0.5, 0.6) is 0 Å². The van der Waals surface area contributed by atoms with Gasteiger partial charge in [-0.1, -0.05) is 17.7 Å². The molecule has 2 aromatic rings. The molecule has 1 aromatic heterocycles. The Morgan fingerprint density at radius 3 is 2.32 bits per heavy atom. The number of hydrogen-bond donors (Lipinski definition) is 1. The summed E-state index contributed by atoms with van der Waals surface area (Å²) in [5.41, 5.74) is 1.04. The average Bonchev–Trinajstić information content (AvgIpc) is 2.63. The molecular formula is C17H23N5O2S. The maximum atomic E-state index is 12.3. The van der Waals surface area contributed by atoms with E-state index in [9.17, 15) is 8.42 Å². The Hall–Kier alpha value is -2.03. The third-order valence-corrected chi connectivity index (χ3v) is 5.74. The molecule has 0 spiro atoms. The molecule has 0 unspecified atom stereocenters. The van der Waals surface area contributed by atoms with E-state index in [1.165, 1.54) is 0 Å². The molecule has 0 bridgehead atoms. The standard InChI is InChI=1S/C17H23N5O2S/c1-15-3-5-16(6-4-15)25(23,24)20-9-10-21-11-13-22(14-12-21)17-18-7-2-8-19-17/h2-8,20H,9-14H2,1H3. The van der Waals surface area contributed by atoms with Crippen molar-refractivity contribution < 1.29 is 8.42 Å². The molecule has 7 nitrogen and oxygen atoms in total. The molecule has 1 aliphatic heterocycles. The fourth-order valence-corrected chi connectivity index (χ4v) is 3.79. The quantitative estimate of drug-likeness (QED) is 0.823. The SMILES string of the molecule is Cc1ccc(S(=O)(=O)NCCN2CCN(c3ncccn3)CC2)cc1. The number of anilines is 1. The normalized spacial score (nSPS) is 16.1. The molecule has 8 heteroatoms. The third-order valence-electron chi connectivity index (χ3n) is 4.26. The Morgan fingerprint density at radius 2 is 1.68 bits per heavy atom. The maximum absolute atomic E-state index is 12.3. The van der Waals surface area contributed by atoms with Gasteiger partial charge in [-0.2, -0.15) is 0 Å². The summed E-state index contributed by atoms with van der Waals surface area (Å²) >= 11 is 0. The van der Waals surface area contributed by atoms with E-state index in [0.29, 0.717) is 18.0 Å². The summed E-state index contributed by atoms with van der Waals surface area (Å²) in [5, 5.41) is 0. The lowest BCUT2D eigenvalue weighted by molar-refractivity contribution is 0.261. The van der Waals surface area contributed by atoms with Gasteiger partial charge in [-0.15, -0.1) is 0 Å². The highest BCUT2D eigenvalue weighted by Crippen LogP contribution is 2.11. The van der Waals surface area contributed by atoms with Crippen LogP contribution in [-0.4, -0.2) is 62.6 Å². The van der Waals surface area contributed by atoms with Crippen molar-refractivity contribution in [3.63, 3.8) is 0 Å². The molecule has 0 atom stereocenters. The second-order valence-corrected chi connectivity index (χ2v) is 7.86. The van der Waals surface area contributed by atoms with Crippen LogP contribution >= 0.6 is 0 Å². The van der Waals surface area contributed by atoms with Gasteiger partial charge < -0.3 is 4.90 Å². The van der Waals surface area contributed by atoms with Crippen LogP contribution in [0.3, 0.4) is 0 Å². The lowest BCUT2D eigenvalue weighted by atomic mass is 10.2. The van der Waals surface area contributed by atoms with Crippen LogP contribution in [0.25, 0.3) is 0 Å². The molecule has 1 aliphatic rings. The van der Waals surface area contributed by atoms with Crippen LogP contribution < -0.4 is 9.62 Å². The van der Waals surface area contributed by atoms with Gasteiger partial charge in [0.25, 0.3) is 0 Å². The zero-order chi connectivity index (χ0) is 17.7. The monoisotopic (exact) mass is 361 g/mol. The first-order valence-electron chi connectivity index (χ1n) is 8.35. The zero-order valence-corrected chi connectivity index (χ0v) is 15.1. The number of nitrogens with one attached hydrogen (secondary N) is 1. The molecule has 1 aromatic carbocycles. The molecule has 2 heterocycles. The molecule has 1 fully saturated rings. The van der Waals surface area contributed by atoms with Gasteiger partial charge in [0.2, 0.25) is 16.0 Å². The van der Waals surface area contributed by atoms with Crippen molar-refractivity contribution in [1.29, 1.82) is 0 Å². The van der Waals surface area contributed by atoms with Crippen molar-refractivity contribution in [1.82, 2.24) is 19.6 Å². The van der Waals surface area contributed by atoms with E-state index in [2.05, 4.69) is 24.5 Å². The summed E-state index contributed by atoms with van der Waals surface area (Å²) in [7, 11) is -3.44. The summed E-state index contributed by atoms with van der Waals surface area (Å²) in [6, 6.07) is 8.69. The first-order valence-corrected chi connectivity index (χ1v) is 9.83. The number of piperazine rings is 1. The summed E-state index contributed by atoms with van der Waals surface area (Å²) in [6.45, 7) is 6.44. The second kappa shape index (κ2) is 7.90. The summed E-state index contributed by atoms with van der Waals surface area (Å²) in [5.74, 6) is 0.752. The molecule has 0 aliphatic carbocycles. The molecule has 1 saturated heterocycles. The number of sulfonamides is 1. The number of hydrogen-bond acceptors (Lipinski definition) is 6. The van der Waals surface area contributed by atoms with E-state index in [1.54, 1.807) is 42.7 Å². The minimum absolute atomic E-state index is 0.309. The molecule has 0 amide bonds. The van der Waals surface area contributed by atoms with Crippen molar-refractivity contribution in [2.45, 2.75) is 11.8 Å². The fourth-order valence-electron chi connectivity index (χ4n) is 2.76. The molecule has 25 heavy (non-hydrogen) atoms. The molecule has 1 N–H and O–H groups in total. The number of nitrogens with zero attached hydrogens (tertiary/aromatic N) is 4. The summed E-state index contributed by atoms with van der Waals surface area (Å²) in [6.07, 6.45) is 3.49. The van der Waals surface area contributed by atoms with Crippen molar-refractivity contribution >= 4 is 16.0 Å². The Morgan fingerprint density at radius 1 is 1.04 bits per heavy atom. The Balaban J connectivity index is 1.45. The Kier molecular flexibility index (Phi) is 5.62. The smallest absolute Gasteiger partial charge is 0.240 e. The van der Waals surface area contributed by atoms with E-state index >= 15 is 0 Å². The molecule has 134 valence electrons. The average molecular weight is 361 g/mol. The number of rotatable bonds is 6. The second-order valence-electron chi connectivity index (χ2n) is 6.09. The molecule has 0 radical (unpaired) electrons. The van der Waals surface area contributed by atoms with E-state index < -0.39 is 10.0 Å². The van der Waals surface area contributed by atoms with Gasteiger partial charge in [-0.05, 0) is 25.1 Å². The molecular weight excluding hydrogens is 338 g/mol. The highest BCUT2D eigenvalue weighted by atomic mass is 32.2. The summed E-state index contributed by atoms with van der Waals surface area (Å²) in [4.78, 5) is 13.2. The lowest BCUT2D eigenvalue weighted by Gasteiger charge is -2.34. The van der Waals surface area contributed by atoms with Crippen LogP contribution in [0, 0.1) is 6.92 Å². The number of aromatic nitrogens is 2. The molecule has 0 saturated carbocycles. The predicted molar refractivity (Wildman–Crippen MR) is 97.1 cm³/mol. The third kappa shape index (κ3) is 4.75. The van der Waals surface area contributed by atoms with Gasteiger partial charge in [0, 0.05) is 51.7 Å². The maximum Gasteiger partial charge on any atom is 0.240 e. The van der Waals surface area contributed by atoms with Gasteiger partial charge >= 0.3 is 0 Å². The number of benzene rings is 1. The number of aryl methyl sites for hydroxylation is 1. The lowest BCUT2D eigenvalue weighted by Crippen LogP contribution is -2.48. The van der Waals surface area contributed by atoms with Gasteiger partial charge in [0.1, 0.15) is 0 Å². The van der Waals surface area contributed by atoms with Crippen LogP contribution in [0.4, 0.5) is 5.95 Å². The highest BCUT2D eigenvalue weighted by molar-refractivity contribution is 7.89. The summed E-state index contributed by atoms with van der Waals surface area (Å²) < 4.78 is 27.2. The van der Waals surface area contributed by atoms with Crippen LogP contribution in [-0.2, 0) is 10.0 Å². The first kappa shape index (κ1) is 17.8. The van der Waals surface area contributed by atoms with Gasteiger partial charge in [-0.25, -0.2) is 23.1 Å². The minimum atomic E-state index is -3.44. The van der Waals surface area contributed by atoms with Crippen LogP contribution in [0.15, 0.2) is 47.6 Å². The predicted octanol–water partition coefficient (Wildman–Crippen LogP) is 0.886.